The molecule has 4 aliphatic carbocycles. The number of hydrogen-bond acceptors (Lipinski definition) is 3. The summed E-state index contributed by atoms with van der Waals surface area (Å²) in [4.78, 5) is 0. The minimum Gasteiger partial charge on any atom is -0.508 e. The van der Waals surface area contributed by atoms with Gasteiger partial charge in [-0.1, -0.05) is 0 Å². The fraction of sp³-hybridized carbons (Fsp3) is 0.714. The van der Waals surface area contributed by atoms with Gasteiger partial charge in [-0.15, -0.1) is 0 Å². The quantitative estimate of drug-likeness (QED) is 0.822. The molecule has 4 saturated carbocycles. The molecule has 1 saturated heterocycles. The number of epoxide rings is 1. The number of ether oxygens (including phenoxy) is 2. The summed E-state index contributed by atoms with van der Waals surface area (Å²) in [6, 6.07) is 3.41. The highest BCUT2D eigenvalue weighted by Gasteiger charge is 2.41. The van der Waals surface area contributed by atoms with Gasteiger partial charge in [0.1, 0.15) is 24.2 Å². The average Bonchev–Trinajstić information content (AvgIpc) is 3.29. The van der Waals surface area contributed by atoms with E-state index in [9.17, 15) is 5.11 Å². The Morgan fingerprint density at radius 3 is 1.71 bits per heavy atom. The lowest BCUT2D eigenvalue weighted by Crippen LogP contribution is -2.38. The average molecular weight is 330 g/mol. The van der Waals surface area contributed by atoms with Gasteiger partial charge in [0.25, 0.3) is 0 Å². The zero-order valence-corrected chi connectivity index (χ0v) is 15.0. The molecule has 5 aliphatic rings. The number of phenolic OH excluding ortho intramolecular Hbond substituents is 1. The van der Waals surface area contributed by atoms with Crippen molar-refractivity contribution in [2.45, 2.75) is 58.5 Å². The first-order chi connectivity index (χ1) is 11.6. The van der Waals surface area contributed by atoms with E-state index in [1.165, 1.54) is 23.7 Å². The molecule has 1 N–H and O–H groups in total. The number of aromatic hydroxyl groups is 1. The van der Waals surface area contributed by atoms with Crippen molar-refractivity contribution in [3.8, 4) is 11.5 Å². The van der Waals surface area contributed by atoms with Gasteiger partial charge in [0.2, 0.25) is 0 Å². The zero-order chi connectivity index (χ0) is 16.7. The highest BCUT2D eigenvalue weighted by molar-refractivity contribution is 5.45. The Bertz CT molecular complexity index is 511. The monoisotopic (exact) mass is 330 g/mol. The van der Waals surface area contributed by atoms with Crippen LogP contribution in [0.3, 0.4) is 0 Å². The minimum absolute atomic E-state index is 0.266. The lowest BCUT2D eigenvalue weighted by molar-refractivity contribution is 0.0198. The molecule has 24 heavy (non-hydrogen) atoms. The smallest absolute Gasteiger partial charge is 0.125 e. The fourth-order valence-electron chi connectivity index (χ4n) is 5.48. The van der Waals surface area contributed by atoms with E-state index >= 15 is 0 Å². The fourth-order valence-corrected chi connectivity index (χ4v) is 5.48. The maximum Gasteiger partial charge on any atom is 0.125 e. The Labute approximate surface area is 145 Å². The van der Waals surface area contributed by atoms with E-state index in [4.69, 9.17) is 9.47 Å². The first-order valence-corrected chi connectivity index (χ1v) is 9.61. The van der Waals surface area contributed by atoms with Crippen LogP contribution in [-0.4, -0.2) is 24.4 Å². The van der Waals surface area contributed by atoms with E-state index in [1.54, 1.807) is 50.7 Å². The van der Waals surface area contributed by atoms with Crippen LogP contribution >= 0.6 is 0 Å². The molecule has 3 nitrogen and oxygen atoms in total. The molecule has 1 heterocycles. The van der Waals surface area contributed by atoms with Gasteiger partial charge < -0.3 is 14.6 Å². The highest BCUT2D eigenvalue weighted by Crippen LogP contribution is 2.53. The Morgan fingerprint density at radius 2 is 1.33 bits per heavy atom. The molecule has 1 atom stereocenters. The SMILES string of the molecule is C1C2CC3CC1CC(C2)C3.Cc1cc(O)cc(C)c1OCC1CO1. The summed E-state index contributed by atoms with van der Waals surface area (Å²) in [7, 11) is 0. The summed E-state index contributed by atoms with van der Waals surface area (Å²) in [5, 5.41) is 9.33. The maximum atomic E-state index is 9.33. The predicted octanol–water partition coefficient (Wildman–Crippen LogP) is 4.62. The molecule has 132 valence electrons. The molecular weight excluding hydrogens is 300 g/mol. The van der Waals surface area contributed by atoms with Crippen LogP contribution < -0.4 is 4.74 Å². The number of phenols is 1. The summed E-state index contributed by atoms with van der Waals surface area (Å²) in [5.41, 5.74) is 1.92. The topological polar surface area (TPSA) is 42.0 Å². The second kappa shape index (κ2) is 6.59. The van der Waals surface area contributed by atoms with E-state index in [0.717, 1.165) is 23.5 Å². The van der Waals surface area contributed by atoms with Gasteiger partial charge >= 0.3 is 0 Å². The largest absolute Gasteiger partial charge is 0.508 e. The summed E-state index contributed by atoms with van der Waals surface area (Å²) in [6.07, 6.45) is 9.89. The molecule has 3 heteroatoms. The second-order valence-electron chi connectivity index (χ2n) is 8.55. The molecule has 5 fully saturated rings. The van der Waals surface area contributed by atoms with Gasteiger partial charge in [0.05, 0.1) is 6.61 Å². The number of benzene rings is 1. The van der Waals surface area contributed by atoms with Crippen LogP contribution in [0.15, 0.2) is 12.1 Å². The number of rotatable bonds is 3. The molecule has 1 aliphatic heterocycles. The third-order valence-corrected chi connectivity index (χ3v) is 6.26. The van der Waals surface area contributed by atoms with Gasteiger partial charge in [0, 0.05) is 0 Å². The standard InChI is InChI=1S/C11H14O3.C10H16/c1-7-3-9(12)4-8(2)11(7)14-6-10-5-13-10;1-7-2-9-4-8(1)5-10(3-7)6-9/h3-4,10,12H,5-6H2,1-2H3;7-10H,1-6H2. The van der Waals surface area contributed by atoms with E-state index < -0.39 is 0 Å². The Kier molecular flexibility index (Phi) is 4.46. The zero-order valence-electron chi connectivity index (χ0n) is 15.0. The second-order valence-corrected chi connectivity index (χ2v) is 8.55. The molecule has 4 bridgehead atoms. The van der Waals surface area contributed by atoms with Gasteiger partial charge in [-0.25, -0.2) is 0 Å². The van der Waals surface area contributed by atoms with Gasteiger partial charge in [-0.3, -0.25) is 0 Å². The molecule has 0 radical (unpaired) electrons. The van der Waals surface area contributed by atoms with E-state index in [1.807, 2.05) is 13.8 Å². The first-order valence-electron chi connectivity index (χ1n) is 9.61. The van der Waals surface area contributed by atoms with Crippen LogP contribution in [0.25, 0.3) is 0 Å². The van der Waals surface area contributed by atoms with Crippen molar-refractivity contribution in [3.05, 3.63) is 23.3 Å². The molecule has 0 aromatic heterocycles. The van der Waals surface area contributed by atoms with Crippen molar-refractivity contribution in [3.63, 3.8) is 0 Å². The number of aryl methyl sites for hydroxylation is 2. The minimum atomic E-state index is 0.266. The van der Waals surface area contributed by atoms with Crippen molar-refractivity contribution in [2.24, 2.45) is 23.7 Å². The van der Waals surface area contributed by atoms with Crippen molar-refractivity contribution in [1.29, 1.82) is 0 Å². The molecule has 0 amide bonds. The summed E-state index contributed by atoms with van der Waals surface area (Å²) < 4.78 is 10.7. The van der Waals surface area contributed by atoms with Crippen molar-refractivity contribution < 1.29 is 14.6 Å². The highest BCUT2D eigenvalue weighted by atomic mass is 16.6. The summed E-state index contributed by atoms with van der Waals surface area (Å²) in [5.74, 6) is 5.85. The Balaban J connectivity index is 0.000000127. The van der Waals surface area contributed by atoms with Crippen LogP contribution in [0, 0.1) is 37.5 Å². The molecule has 1 unspecified atom stereocenters. The summed E-state index contributed by atoms with van der Waals surface area (Å²) in [6.45, 7) is 5.26. The van der Waals surface area contributed by atoms with E-state index in [2.05, 4.69) is 0 Å². The summed E-state index contributed by atoms with van der Waals surface area (Å²) >= 11 is 0. The van der Waals surface area contributed by atoms with Crippen molar-refractivity contribution >= 4 is 0 Å². The van der Waals surface area contributed by atoms with Gasteiger partial charge in [-0.05, 0) is 99.3 Å². The van der Waals surface area contributed by atoms with Crippen LogP contribution in [0.5, 0.6) is 11.5 Å². The van der Waals surface area contributed by atoms with Crippen LogP contribution in [-0.2, 0) is 4.74 Å². The molecule has 1 aromatic carbocycles. The lowest BCUT2D eigenvalue weighted by atomic mass is 9.56. The van der Waals surface area contributed by atoms with E-state index in [-0.39, 0.29) is 11.9 Å². The van der Waals surface area contributed by atoms with Gasteiger partial charge in [-0.2, -0.15) is 0 Å². The lowest BCUT2D eigenvalue weighted by Gasteiger charge is -2.49. The molecular formula is C21H30O3. The molecule has 0 spiro atoms. The third kappa shape index (κ3) is 3.72. The molecule has 1 aromatic rings. The van der Waals surface area contributed by atoms with E-state index in [0.29, 0.717) is 6.61 Å². The normalized spacial score (nSPS) is 35.3. The maximum absolute atomic E-state index is 9.33. The van der Waals surface area contributed by atoms with Gasteiger partial charge in [0.15, 0.2) is 0 Å². The first kappa shape index (κ1) is 16.3. The van der Waals surface area contributed by atoms with Crippen LogP contribution in [0.2, 0.25) is 0 Å². The van der Waals surface area contributed by atoms with Crippen molar-refractivity contribution in [1.82, 2.24) is 0 Å². The third-order valence-electron chi connectivity index (χ3n) is 6.26. The van der Waals surface area contributed by atoms with Crippen molar-refractivity contribution in [2.75, 3.05) is 13.2 Å². The van der Waals surface area contributed by atoms with Crippen LogP contribution in [0.4, 0.5) is 0 Å². The molecule has 6 rings (SSSR count). The Hall–Kier alpha value is -1.22. The Morgan fingerprint density at radius 1 is 0.917 bits per heavy atom. The van der Waals surface area contributed by atoms with Crippen LogP contribution in [0.1, 0.15) is 49.7 Å². The number of hydrogen-bond donors (Lipinski definition) is 1. The predicted molar refractivity (Wildman–Crippen MR) is 94.5 cm³/mol.